The molecule has 1 aliphatic heterocycles. The normalized spacial score (nSPS) is 19.8. The van der Waals surface area contributed by atoms with Crippen LogP contribution in [0.5, 0.6) is 34.5 Å². The average molecular weight is 332 g/mol. The number of aromatic hydroxyl groups is 5. The third kappa shape index (κ3) is 2.64. The van der Waals surface area contributed by atoms with Gasteiger partial charge in [0, 0.05) is 29.2 Å². The molecule has 2 aromatic rings. The monoisotopic (exact) mass is 332 g/mol. The van der Waals surface area contributed by atoms with Crippen molar-refractivity contribution in [3.05, 3.63) is 35.4 Å². The lowest BCUT2D eigenvalue weighted by atomic mass is 9.79. The van der Waals surface area contributed by atoms with Gasteiger partial charge in [-0.2, -0.15) is 0 Å². The van der Waals surface area contributed by atoms with Crippen LogP contribution >= 0.6 is 0 Å². The number of ether oxygens (including phenoxy) is 1. The van der Waals surface area contributed by atoms with E-state index in [0.717, 1.165) is 0 Å². The summed E-state index contributed by atoms with van der Waals surface area (Å²) in [5, 5.41) is 48.8. The second-order valence-electron chi connectivity index (χ2n) is 6.50. The van der Waals surface area contributed by atoms with Crippen molar-refractivity contribution >= 4 is 0 Å². The lowest BCUT2D eigenvalue weighted by molar-refractivity contribution is 0.0830. The van der Waals surface area contributed by atoms with Crippen LogP contribution in [0.1, 0.15) is 31.1 Å². The maximum Gasteiger partial charge on any atom is 0.200 e. The summed E-state index contributed by atoms with van der Waals surface area (Å²) < 4.78 is 5.98. The standard InChI is InChI=1S/C18H20O6/c1-8(2)11-7-12-13(20)5-10(19)6-16(12)24-18(11)9-3-14(21)17(23)15(22)4-9/h3-6,8,11,18-23H,7H2,1-2H3/t11-,18+/m0/s1. The summed E-state index contributed by atoms with van der Waals surface area (Å²) in [6.45, 7) is 4.03. The maximum absolute atomic E-state index is 10.1. The van der Waals surface area contributed by atoms with Crippen molar-refractivity contribution in [1.29, 1.82) is 0 Å². The Morgan fingerprint density at radius 3 is 2.12 bits per heavy atom. The van der Waals surface area contributed by atoms with E-state index in [4.69, 9.17) is 4.74 Å². The number of benzene rings is 2. The Morgan fingerprint density at radius 2 is 1.54 bits per heavy atom. The zero-order valence-corrected chi connectivity index (χ0v) is 13.4. The highest BCUT2D eigenvalue weighted by Gasteiger charge is 2.35. The average Bonchev–Trinajstić information content (AvgIpc) is 2.50. The van der Waals surface area contributed by atoms with E-state index in [9.17, 15) is 25.5 Å². The zero-order chi connectivity index (χ0) is 17.6. The molecule has 1 aliphatic rings. The van der Waals surface area contributed by atoms with Crippen LogP contribution in [-0.2, 0) is 6.42 Å². The minimum Gasteiger partial charge on any atom is -0.508 e. The first-order chi connectivity index (χ1) is 11.3. The number of hydrogen-bond acceptors (Lipinski definition) is 6. The molecule has 2 aromatic carbocycles. The van der Waals surface area contributed by atoms with Crippen LogP contribution < -0.4 is 4.74 Å². The first-order valence-electron chi connectivity index (χ1n) is 7.74. The number of fused-ring (bicyclic) bond motifs is 1. The molecular formula is C18H20O6. The van der Waals surface area contributed by atoms with Gasteiger partial charge in [0.15, 0.2) is 17.2 Å². The molecule has 1 heterocycles. The Morgan fingerprint density at radius 1 is 0.917 bits per heavy atom. The van der Waals surface area contributed by atoms with Crippen LogP contribution in [0.15, 0.2) is 24.3 Å². The van der Waals surface area contributed by atoms with E-state index in [1.54, 1.807) is 0 Å². The van der Waals surface area contributed by atoms with Crippen molar-refractivity contribution in [1.82, 2.24) is 0 Å². The Labute approximate surface area is 139 Å². The highest BCUT2D eigenvalue weighted by molar-refractivity contribution is 5.54. The minimum atomic E-state index is -0.577. The summed E-state index contributed by atoms with van der Waals surface area (Å²) in [5.41, 5.74) is 1.13. The molecule has 6 heteroatoms. The van der Waals surface area contributed by atoms with Gasteiger partial charge in [0.25, 0.3) is 0 Å². The predicted octanol–water partition coefficient (Wildman–Crippen LogP) is 3.16. The Kier molecular flexibility index (Phi) is 3.83. The van der Waals surface area contributed by atoms with Gasteiger partial charge in [-0.05, 0) is 24.5 Å². The van der Waals surface area contributed by atoms with E-state index in [2.05, 4.69) is 0 Å². The number of phenolic OH excluding ortho intramolecular Hbond substituents is 5. The zero-order valence-electron chi connectivity index (χ0n) is 13.4. The quantitative estimate of drug-likeness (QED) is 0.540. The second kappa shape index (κ2) is 5.70. The third-order valence-corrected chi connectivity index (χ3v) is 4.53. The SMILES string of the molecule is CC(C)[C@@H]1Cc2c(O)cc(O)cc2O[C@@H]1c1cc(O)c(O)c(O)c1. The van der Waals surface area contributed by atoms with Crippen molar-refractivity contribution in [2.24, 2.45) is 11.8 Å². The van der Waals surface area contributed by atoms with E-state index < -0.39 is 23.4 Å². The smallest absolute Gasteiger partial charge is 0.200 e. The van der Waals surface area contributed by atoms with Gasteiger partial charge in [0.05, 0.1) is 0 Å². The molecule has 6 nitrogen and oxygen atoms in total. The van der Waals surface area contributed by atoms with Gasteiger partial charge in [-0.3, -0.25) is 0 Å². The molecule has 0 radical (unpaired) electrons. The van der Waals surface area contributed by atoms with Gasteiger partial charge in [-0.15, -0.1) is 0 Å². The van der Waals surface area contributed by atoms with E-state index >= 15 is 0 Å². The van der Waals surface area contributed by atoms with Crippen LogP contribution in [0.3, 0.4) is 0 Å². The van der Waals surface area contributed by atoms with Gasteiger partial charge in [-0.1, -0.05) is 13.8 Å². The molecule has 128 valence electrons. The molecule has 5 N–H and O–H groups in total. The van der Waals surface area contributed by atoms with Crippen LogP contribution in [-0.4, -0.2) is 25.5 Å². The fraction of sp³-hybridized carbons (Fsp3) is 0.333. The largest absolute Gasteiger partial charge is 0.508 e. The van der Waals surface area contributed by atoms with Crippen molar-refractivity contribution < 1.29 is 30.3 Å². The lowest BCUT2D eigenvalue weighted by Crippen LogP contribution is -2.29. The Bertz CT molecular complexity index is 760. The van der Waals surface area contributed by atoms with E-state index in [1.807, 2.05) is 13.8 Å². The van der Waals surface area contributed by atoms with Crippen molar-refractivity contribution in [2.45, 2.75) is 26.4 Å². The highest BCUT2D eigenvalue weighted by Crippen LogP contribution is 2.48. The van der Waals surface area contributed by atoms with Gasteiger partial charge in [0.2, 0.25) is 0 Å². The summed E-state index contributed by atoms with van der Waals surface area (Å²) in [7, 11) is 0. The fourth-order valence-corrected chi connectivity index (χ4v) is 3.18. The lowest BCUT2D eigenvalue weighted by Gasteiger charge is -2.36. The predicted molar refractivity (Wildman–Crippen MR) is 86.6 cm³/mol. The molecule has 0 bridgehead atoms. The molecule has 0 saturated heterocycles. The molecule has 0 fully saturated rings. The first kappa shape index (κ1) is 16.1. The van der Waals surface area contributed by atoms with Crippen LogP contribution in [0.25, 0.3) is 0 Å². The molecule has 0 spiro atoms. The van der Waals surface area contributed by atoms with Crippen molar-refractivity contribution in [2.75, 3.05) is 0 Å². The molecule has 0 unspecified atom stereocenters. The van der Waals surface area contributed by atoms with E-state index in [-0.39, 0.29) is 23.3 Å². The molecule has 0 saturated carbocycles. The third-order valence-electron chi connectivity index (χ3n) is 4.53. The summed E-state index contributed by atoms with van der Waals surface area (Å²) in [6.07, 6.45) is 0.0164. The second-order valence-corrected chi connectivity index (χ2v) is 6.50. The van der Waals surface area contributed by atoms with Gasteiger partial charge >= 0.3 is 0 Å². The van der Waals surface area contributed by atoms with Crippen molar-refractivity contribution in [3.63, 3.8) is 0 Å². The van der Waals surface area contributed by atoms with Crippen molar-refractivity contribution in [3.8, 4) is 34.5 Å². The minimum absolute atomic E-state index is 0.0227. The summed E-state index contributed by atoms with van der Waals surface area (Å²) in [5.74, 6) is -1.05. The molecule has 0 amide bonds. The topological polar surface area (TPSA) is 110 Å². The molecule has 0 aliphatic carbocycles. The summed E-state index contributed by atoms with van der Waals surface area (Å²) in [4.78, 5) is 0. The number of rotatable bonds is 2. The molecule has 24 heavy (non-hydrogen) atoms. The van der Waals surface area contributed by atoms with Gasteiger partial charge in [-0.25, -0.2) is 0 Å². The number of phenols is 5. The molecule has 2 atom stereocenters. The van der Waals surface area contributed by atoms with Crippen LogP contribution in [0.2, 0.25) is 0 Å². The summed E-state index contributed by atoms with van der Waals surface area (Å²) >= 11 is 0. The van der Waals surface area contributed by atoms with Crippen LogP contribution in [0, 0.1) is 11.8 Å². The van der Waals surface area contributed by atoms with Crippen LogP contribution in [0.4, 0.5) is 0 Å². The van der Waals surface area contributed by atoms with E-state index in [1.165, 1.54) is 24.3 Å². The molecule has 0 aromatic heterocycles. The Balaban J connectivity index is 2.09. The summed E-state index contributed by atoms with van der Waals surface area (Å²) in [6, 6.07) is 5.41. The highest BCUT2D eigenvalue weighted by atomic mass is 16.5. The van der Waals surface area contributed by atoms with Gasteiger partial charge in [0.1, 0.15) is 23.4 Å². The fourth-order valence-electron chi connectivity index (χ4n) is 3.18. The number of hydrogen-bond donors (Lipinski definition) is 5. The molecular weight excluding hydrogens is 312 g/mol. The maximum atomic E-state index is 10.1. The molecule has 3 rings (SSSR count). The van der Waals surface area contributed by atoms with Gasteiger partial charge < -0.3 is 30.3 Å². The van der Waals surface area contributed by atoms with E-state index in [0.29, 0.717) is 23.3 Å². The Hall–Kier alpha value is -2.76. The first-order valence-corrected chi connectivity index (χ1v) is 7.74.